The van der Waals surface area contributed by atoms with Crippen molar-refractivity contribution in [2.24, 2.45) is 22.5 Å². The summed E-state index contributed by atoms with van der Waals surface area (Å²) in [6.45, 7) is 11.6. The van der Waals surface area contributed by atoms with Crippen molar-refractivity contribution in [1.29, 1.82) is 0 Å². The lowest BCUT2D eigenvalue weighted by Crippen LogP contribution is -2.22. The van der Waals surface area contributed by atoms with E-state index in [4.69, 9.17) is 5.73 Å². The third-order valence-corrected chi connectivity index (χ3v) is 2.95. The van der Waals surface area contributed by atoms with Crippen LogP contribution in [0, 0.1) is 16.7 Å². The number of hydrogen-bond acceptors (Lipinski definition) is 1. The van der Waals surface area contributed by atoms with E-state index in [0.29, 0.717) is 16.9 Å². The van der Waals surface area contributed by atoms with Gasteiger partial charge in [0.15, 0.2) is 0 Å². The van der Waals surface area contributed by atoms with Crippen molar-refractivity contribution in [3.05, 3.63) is 0 Å². The van der Waals surface area contributed by atoms with E-state index in [1.165, 1.54) is 19.3 Å². The molecule has 1 nitrogen and oxygen atoms in total. The lowest BCUT2D eigenvalue weighted by Gasteiger charge is -2.27. The van der Waals surface area contributed by atoms with E-state index in [9.17, 15) is 0 Å². The number of hydrogen-bond donors (Lipinski definition) is 1. The summed E-state index contributed by atoms with van der Waals surface area (Å²) < 4.78 is 0. The third-order valence-electron chi connectivity index (χ3n) is 2.95. The molecule has 0 aromatic carbocycles. The first-order chi connectivity index (χ1) is 5.75. The molecule has 2 unspecified atom stereocenters. The van der Waals surface area contributed by atoms with Gasteiger partial charge in [-0.25, -0.2) is 0 Å². The van der Waals surface area contributed by atoms with Gasteiger partial charge in [-0.1, -0.05) is 34.6 Å². The molecule has 2 atom stereocenters. The fourth-order valence-electron chi connectivity index (χ4n) is 2.76. The minimum atomic E-state index is 0.434. The molecular formula is C12H25N. The summed E-state index contributed by atoms with van der Waals surface area (Å²) in [7, 11) is 0. The Morgan fingerprint density at radius 2 is 1.85 bits per heavy atom. The van der Waals surface area contributed by atoms with Crippen molar-refractivity contribution < 1.29 is 0 Å². The maximum Gasteiger partial charge on any atom is 0.0102 e. The van der Waals surface area contributed by atoms with Crippen molar-refractivity contribution in [1.82, 2.24) is 0 Å². The van der Waals surface area contributed by atoms with Crippen molar-refractivity contribution in [3.63, 3.8) is 0 Å². The van der Waals surface area contributed by atoms with Crippen LogP contribution in [0.3, 0.4) is 0 Å². The van der Waals surface area contributed by atoms with Crippen LogP contribution in [0.1, 0.15) is 53.9 Å². The van der Waals surface area contributed by atoms with Gasteiger partial charge in [-0.3, -0.25) is 0 Å². The van der Waals surface area contributed by atoms with E-state index >= 15 is 0 Å². The first-order valence-corrected chi connectivity index (χ1v) is 5.51. The topological polar surface area (TPSA) is 26.0 Å². The fraction of sp³-hybridized carbons (Fsp3) is 1.00. The van der Waals surface area contributed by atoms with Crippen LogP contribution in [0.15, 0.2) is 0 Å². The highest BCUT2D eigenvalue weighted by Gasteiger charge is 2.52. The van der Waals surface area contributed by atoms with Gasteiger partial charge in [-0.2, -0.15) is 0 Å². The first-order valence-electron chi connectivity index (χ1n) is 5.51. The highest BCUT2D eigenvalue weighted by atomic mass is 14.8. The molecule has 13 heavy (non-hydrogen) atoms. The van der Waals surface area contributed by atoms with E-state index in [1.54, 1.807) is 0 Å². The highest BCUT2D eigenvalue weighted by molar-refractivity contribution is 5.07. The van der Waals surface area contributed by atoms with Gasteiger partial charge in [-0.15, -0.1) is 0 Å². The molecule has 0 saturated heterocycles. The Morgan fingerprint density at radius 1 is 1.38 bits per heavy atom. The Morgan fingerprint density at radius 3 is 2.08 bits per heavy atom. The van der Waals surface area contributed by atoms with Crippen LogP contribution in [0.4, 0.5) is 0 Å². The average Bonchev–Trinajstić information content (AvgIpc) is 2.32. The largest absolute Gasteiger partial charge is 0.327 e. The van der Waals surface area contributed by atoms with Crippen molar-refractivity contribution >= 4 is 0 Å². The van der Waals surface area contributed by atoms with Gasteiger partial charge in [0, 0.05) is 6.04 Å². The minimum absolute atomic E-state index is 0.434. The Bertz CT molecular complexity index is 178. The fourth-order valence-corrected chi connectivity index (χ4v) is 2.76. The summed E-state index contributed by atoms with van der Waals surface area (Å²) >= 11 is 0. The highest BCUT2D eigenvalue weighted by Crippen LogP contribution is 2.55. The molecule has 1 aliphatic rings. The molecule has 0 aliphatic heterocycles. The smallest absolute Gasteiger partial charge is 0.0102 e. The summed E-state index contributed by atoms with van der Waals surface area (Å²) in [6, 6.07) is 0.481. The lowest BCUT2D eigenvalue weighted by molar-refractivity contribution is 0.238. The molecule has 0 aromatic rings. The second-order valence-electron chi connectivity index (χ2n) is 6.51. The molecule has 0 spiro atoms. The van der Waals surface area contributed by atoms with Gasteiger partial charge in [0.2, 0.25) is 0 Å². The molecule has 0 heterocycles. The molecule has 2 N–H and O–H groups in total. The monoisotopic (exact) mass is 183 g/mol. The Balaban J connectivity index is 2.53. The lowest BCUT2D eigenvalue weighted by atomic mass is 9.78. The molecule has 1 heteroatoms. The van der Waals surface area contributed by atoms with Crippen molar-refractivity contribution in [2.75, 3.05) is 0 Å². The number of rotatable bonds is 3. The van der Waals surface area contributed by atoms with Gasteiger partial charge < -0.3 is 5.73 Å². The molecule has 78 valence electrons. The quantitative estimate of drug-likeness (QED) is 0.714. The molecule has 0 bridgehead atoms. The van der Waals surface area contributed by atoms with Crippen LogP contribution in [0.25, 0.3) is 0 Å². The summed E-state index contributed by atoms with van der Waals surface area (Å²) in [5.74, 6) is 0.788. The SMILES string of the molecule is CC(C)CC1(CC(C)(C)C)CC1N. The van der Waals surface area contributed by atoms with Crippen molar-refractivity contribution in [2.45, 2.75) is 59.9 Å². The Kier molecular flexibility index (Phi) is 2.78. The minimum Gasteiger partial charge on any atom is -0.327 e. The van der Waals surface area contributed by atoms with E-state index < -0.39 is 0 Å². The molecule has 1 saturated carbocycles. The van der Waals surface area contributed by atoms with E-state index in [0.717, 1.165) is 5.92 Å². The van der Waals surface area contributed by atoms with E-state index in [1.807, 2.05) is 0 Å². The second kappa shape index (κ2) is 3.27. The predicted octanol–water partition coefficient (Wildman–Crippen LogP) is 3.19. The van der Waals surface area contributed by atoms with Crippen LogP contribution < -0.4 is 5.73 Å². The molecule has 0 aromatic heterocycles. The molecule has 0 radical (unpaired) electrons. The van der Waals surface area contributed by atoms with Crippen LogP contribution >= 0.6 is 0 Å². The zero-order valence-electron chi connectivity index (χ0n) is 9.85. The van der Waals surface area contributed by atoms with Gasteiger partial charge >= 0.3 is 0 Å². The summed E-state index contributed by atoms with van der Waals surface area (Å²) in [5, 5.41) is 0. The molecule has 0 amide bonds. The third kappa shape index (κ3) is 2.98. The second-order valence-corrected chi connectivity index (χ2v) is 6.51. The van der Waals surface area contributed by atoms with Crippen LogP contribution in [0.5, 0.6) is 0 Å². The standard InChI is InChI=1S/C12H25N/c1-9(2)6-12(7-10(12)13)8-11(3,4)5/h9-10H,6-8,13H2,1-5H3. The van der Waals surface area contributed by atoms with Crippen LogP contribution in [-0.4, -0.2) is 6.04 Å². The zero-order valence-corrected chi connectivity index (χ0v) is 9.85. The van der Waals surface area contributed by atoms with Gasteiger partial charge in [0.25, 0.3) is 0 Å². The van der Waals surface area contributed by atoms with E-state index in [-0.39, 0.29) is 0 Å². The van der Waals surface area contributed by atoms with Crippen molar-refractivity contribution in [3.8, 4) is 0 Å². The maximum absolute atomic E-state index is 6.06. The van der Waals surface area contributed by atoms with Crippen LogP contribution in [0.2, 0.25) is 0 Å². The van der Waals surface area contributed by atoms with Crippen LogP contribution in [-0.2, 0) is 0 Å². The first kappa shape index (κ1) is 11.0. The summed E-state index contributed by atoms with van der Waals surface area (Å²) in [4.78, 5) is 0. The molecular weight excluding hydrogens is 158 g/mol. The normalized spacial score (nSPS) is 33.9. The molecule has 1 rings (SSSR count). The van der Waals surface area contributed by atoms with E-state index in [2.05, 4.69) is 34.6 Å². The van der Waals surface area contributed by atoms with Gasteiger partial charge in [0.05, 0.1) is 0 Å². The summed E-state index contributed by atoms with van der Waals surface area (Å²) in [6.07, 6.45) is 3.85. The molecule has 1 fully saturated rings. The molecule has 1 aliphatic carbocycles. The van der Waals surface area contributed by atoms with Gasteiger partial charge in [0.1, 0.15) is 0 Å². The predicted molar refractivity (Wildman–Crippen MR) is 58.6 cm³/mol. The Hall–Kier alpha value is -0.0400. The Labute approximate surface area is 83.1 Å². The zero-order chi connectivity index (χ0) is 10.3. The van der Waals surface area contributed by atoms with Gasteiger partial charge in [-0.05, 0) is 36.0 Å². The number of nitrogens with two attached hydrogens (primary N) is 1. The summed E-state index contributed by atoms with van der Waals surface area (Å²) in [5.41, 5.74) is 6.98. The maximum atomic E-state index is 6.06. The average molecular weight is 183 g/mol.